The summed E-state index contributed by atoms with van der Waals surface area (Å²) in [7, 11) is 0. The number of allylic oxidation sites excluding steroid dienone is 2. The highest BCUT2D eigenvalue weighted by Gasteiger charge is 2.38. The molecule has 2 aliphatic heterocycles. The van der Waals surface area contributed by atoms with E-state index in [9.17, 15) is 10.1 Å². The van der Waals surface area contributed by atoms with Crippen LogP contribution in [0.2, 0.25) is 0 Å². The first-order valence-electron chi connectivity index (χ1n) is 12.2. The molecule has 3 aliphatic rings. The Morgan fingerprint density at radius 2 is 2.18 bits per heavy atom. The van der Waals surface area contributed by atoms with Crippen LogP contribution in [0.15, 0.2) is 36.8 Å². The molecule has 1 unspecified atom stereocenters. The zero-order valence-electron chi connectivity index (χ0n) is 19.9. The van der Waals surface area contributed by atoms with Crippen molar-refractivity contribution >= 4 is 17.0 Å². The number of hydrogen-bond acceptors (Lipinski definition) is 6. The number of rotatable bonds is 7. The predicted octanol–water partition coefficient (Wildman–Crippen LogP) is 3.06. The lowest BCUT2D eigenvalue weighted by Crippen LogP contribution is -2.52. The average Bonchev–Trinajstić information content (AvgIpc) is 3.60. The quantitative estimate of drug-likeness (QED) is 0.660. The molecule has 1 amide bonds. The van der Waals surface area contributed by atoms with Gasteiger partial charge < -0.3 is 15.4 Å². The van der Waals surface area contributed by atoms with Crippen LogP contribution in [-0.2, 0) is 4.79 Å². The summed E-state index contributed by atoms with van der Waals surface area (Å²) in [6.45, 7) is 7.16. The number of dihydropyridines is 1. The normalized spacial score (nSPS) is 22.0. The number of piperidine rings is 1. The number of amides is 1. The molecule has 1 aliphatic carbocycles. The smallest absolute Gasteiger partial charge is 0.226 e. The van der Waals surface area contributed by atoms with Crippen molar-refractivity contribution in [3.8, 4) is 11.8 Å². The summed E-state index contributed by atoms with van der Waals surface area (Å²) in [5.74, 6) is 1.62. The van der Waals surface area contributed by atoms with Gasteiger partial charge in [0.1, 0.15) is 11.8 Å². The molecule has 178 valence electrons. The van der Waals surface area contributed by atoms with Gasteiger partial charge >= 0.3 is 0 Å². The fourth-order valence-corrected chi connectivity index (χ4v) is 4.81. The Labute approximate surface area is 200 Å². The highest BCUT2D eigenvalue weighted by atomic mass is 16.5. The molecule has 0 radical (unpaired) electrons. The molecule has 0 spiro atoms. The summed E-state index contributed by atoms with van der Waals surface area (Å²) < 4.78 is 7.43. The fraction of sp³-hybridized carbons (Fsp3) is 0.500. The van der Waals surface area contributed by atoms with E-state index in [0.717, 1.165) is 49.1 Å². The number of nitriles is 1. The van der Waals surface area contributed by atoms with Crippen molar-refractivity contribution in [2.24, 2.45) is 11.3 Å². The zero-order chi connectivity index (χ0) is 23.7. The van der Waals surface area contributed by atoms with Crippen LogP contribution in [0.4, 0.5) is 0 Å². The standard InChI is InChI=1S/C26H32N6O2/c1-3-34-21-12-22(24-20(13-27)16-30-32(24)17-21)19-6-7-23(28-15-19)31-10-8-26(2,9-11-31)25(33)29-14-18-4-5-18/h6-7,12,15-18,23,28H,3-5,8-11,14H2,1-2H3,(H,29,33). The van der Waals surface area contributed by atoms with Crippen LogP contribution in [-0.4, -0.2) is 52.8 Å². The number of aromatic nitrogens is 2. The zero-order valence-corrected chi connectivity index (χ0v) is 19.9. The van der Waals surface area contributed by atoms with Crippen molar-refractivity contribution in [2.75, 3.05) is 26.2 Å². The number of carbonyl (C=O) groups excluding carboxylic acids is 1. The third-order valence-electron chi connectivity index (χ3n) is 7.29. The number of pyridine rings is 1. The third kappa shape index (κ3) is 4.40. The number of fused-ring (bicyclic) bond motifs is 1. The molecule has 1 atom stereocenters. The molecule has 8 nitrogen and oxygen atoms in total. The van der Waals surface area contributed by atoms with Gasteiger partial charge in [-0.2, -0.15) is 10.4 Å². The van der Waals surface area contributed by atoms with Crippen LogP contribution in [0.25, 0.3) is 11.1 Å². The summed E-state index contributed by atoms with van der Waals surface area (Å²) in [4.78, 5) is 15.1. The second-order valence-corrected chi connectivity index (χ2v) is 9.81. The molecule has 0 bridgehead atoms. The summed E-state index contributed by atoms with van der Waals surface area (Å²) in [6, 6.07) is 4.20. The molecule has 2 aromatic heterocycles. The number of nitrogens with zero attached hydrogens (tertiary/aromatic N) is 4. The van der Waals surface area contributed by atoms with E-state index in [0.29, 0.717) is 23.8 Å². The van der Waals surface area contributed by atoms with Crippen LogP contribution in [0.5, 0.6) is 5.75 Å². The fourth-order valence-electron chi connectivity index (χ4n) is 4.81. The van der Waals surface area contributed by atoms with E-state index in [1.807, 2.05) is 19.2 Å². The second kappa shape index (κ2) is 9.15. The Balaban J connectivity index is 1.27. The van der Waals surface area contributed by atoms with Gasteiger partial charge in [0, 0.05) is 36.8 Å². The number of nitrogens with one attached hydrogen (secondary N) is 2. The minimum atomic E-state index is -0.286. The summed E-state index contributed by atoms with van der Waals surface area (Å²) in [5.41, 5.74) is 2.89. The van der Waals surface area contributed by atoms with Crippen molar-refractivity contribution in [3.63, 3.8) is 0 Å². The number of carbonyl (C=O) groups is 1. The lowest BCUT2D eigenvalue weighted by molar-refractivity contribution is -0.133. The van der Waals surface area contributed by atoms with Crippen molar-refractivity contribution in [1.82, 2.24) is 25.1 Å². The molecule has 34 heavy (non-hydrogen) atoms. The molecule has 0 aromatic carbocycles. The van der Waals surface area contributed by atoms with E-state index < -0.39 is 0 Å². The van der Waals surface area contributed by atoms with Gasteiger partial charge in [-0.3, -0.25) is 9.69 Å². The van der Waals surface area contributed by atoms with E-state index >= 15 is 0 Å². The van der Waals surface area contributed by atoms with Gasteiger partial charge in [0.05, 0.1) is 36.2 Å². The minimum Gasteiger partial charge on any atom is -0.492 e. The molecule has 2 aromatic rings. The van der Waals surface area contributed by atoms with Gasteiger partial charge in [0.2, 0.25) is 5.91 Å². The Hall–Kier alpha value is -3.31. The van der Waals surface area contributed by atoms with Gasteiger partial charge in [-0.25, -0.2) is 4.52 Å². The molecular formula is C26H32N6O2. The topological polar surface area (TPSA) is 94.7 Å². The number of hydrogen-bond donors (Lipinski definition) is 2. The van der Waals surface area contributed by atoms with E-state index in [-0.39, 0.29) is 17.5 Å². The maximum Gasteiger partial charge on any atom is 0.226 e. The molecule has 2 N–H and O–H groups in total. The first kappa shape index (κ1) is 22.5. The highest BCUT2D eigenvalue weighted by molar-refractivity contribution is 5.87. The van der Waals surface area contributed by atoms with E-state index in [1.54, 1.807) is 16.9 Å². The highest BCUT2D eigenvalue weighted by Crippen LogP contribution is 2.34. The van der Waals surface area contributed by atoms with Crippen molar-refractivity contribution < 1.29 is 9.53 Å². The molecule has 5 rings (SSSR count). The monoisotopic (exact) mass is 460 g/mol. The molecule has 2 fully saturated rings. The van der Waals surface area contributed by atoms with Crippen molar-refractivity contribution in [2.45, 2.75) is 45.7 Å². The third-order valence-corrected chi connectivity index (χ3v) is 7.29. The summed E-state index contributed by atoms with van der Waals surface area (Å²) >= 11 is 0. The lowest BCUT2D eigenvalue weighted by Gasteiger charge is -2.41. The Kier molecular flexibility index (Phi) is 6.05. The van der Waals surface area contributed by atoms with Gasteiger partial charge in [0.25, 0.3) is 0 Å². The van der Waals surface area contributed by atoms with Crippen LogP contribution < -0.4 is 15.4 Å². The van der Waals surface area contributed by atoms with E-state index in [1.165, 1.54) is 12.8 Å². The molecule has 1 saturated heterocycles. The first-order chi connectivity index (χ1) is 16.5. The van der Waals surface area contributed by atoms with Crippen molar-refractivity contribution in [1.29, 1.82) is 5.26 Å². The van der Waals surface area contributed by atoms with Gasteiger partial charge in [-0.05, 0) is 56.2 Å². The molecule has 1 saturated carbocycles. The predicted molar refractivity (Wildman–Crippen MR) is 130 cm³/mol. The Morgan fingerprint density at radius 3 is 2.82 bits per heavy atom. The first-order valence-corrected chi connectivity index (χ1v) is 12.2. The maximum absolute atomic E-state index is 12.7. The lowest BCUT2D eigenvalue weighted by atomic mass is 9.79. The van der Waals surface area contributed by atoms with Crippen LogP contribution in [0.1, 0.15) is 50.7 Å². The average molecular weight is 461 g/mol. The summed E-state index contributed by atoms with van der Waals surface area (Å²) in [5, 5.41) is 20.6. The van der Waals surface area contributed by atoms with Crippen LogP contribution >= 0.6 is 0 Å². The van der Waals surface area contributed by atoms with Crippen LogP contribution in [0, 0.1) is 22.7 Å². The van der Waals surface area contributed by atoms with Gasteiger partial charge in [-0.1, -0.05) is 13.0 Å². The Morgan fingerprint density at radius 1 is 1.38 bits per heavy atom. The number of likely N-dealkylation sites (tertiary alicyclic amines) is 1. The molecule has 8 heteroatoms. The van der Waals surface area contributed by atoms with Gasteiger partial charge in [0.15, 0.2) is 0 Å². The van der Waals surface area contributed by atoms with Gasteiger partial charge in [-0.15, -0.1) is 0 Å². The Bertz CT molecular complexity index is 1180. The number of ether oxygens (including phenoxy) is 1. The summed E-state index contributed by atoms with van der Waals surface area (Å²) in [6.07, 6.45) is 13.9. The minimum absolute atomic E-state index is 0.0780. The largest absolute Gasteiger partial charge is 0.492 e. The molecular weight excluding hydrogens is 428 g/mol. The second-order valence-electron chi connectivity index (χ2n) is 9.81. The van der Waals surface area contributed by atoms with E-state index in [2.05, 4.69) is 45.8 Å². The molecule has 4 heterocycles. The van der Waals surface area contributed by atoms with E-state index in [4.69, 9.17) is 4.74 Å². The van der Waals surface area contributed by atoms with Crippen molar-refractivity contribution in [3.05, 3.63) is 47.9 Å². The SMILES string of the molecule is CCOc1cc(C2=CNC(N3CCC(C)(C(=O)NCC4CC4)CC3)C=C2)c2c(C#N)cnn2c1. The van der Waals surface area contributed by atoms with Crippen LogP contribution in [0.3, 0.4) is 0 Å². The maximum atomic E-state index is 12.7.